The summed E-state index contributed by atoms with van der Waals surface area (Å²) in [5.41, 5.74) is 0.471. The number of carbonyl (C=O) groups is 2. The number of likely N-dealkylation sites (tertiary alicyclic amines) is 1. The maximum atomic E-state index is 13.1. The highest BCUT2D eigenvalue weighted by Crippen LogP contribution is 2.50. The first-order chi connectivity index (χ1) is 11.6. The van der Waals surface area contributed by atoms with Gasteiger partial charge in [0.2, 0.25) is 11.8 Å². The van der Waals surface area contributed by atoms with E-state index in [9.17, 15) is 14.0 Å². The molecule has 2 saturated carbocycles. The second-order valence-corrected chi connectivity index (χ2v) is 7.44. The van der Waals surface area contributed by atoms with Gasteiger partial charge in [-0.1, -0.05) is 12.1 Å². The summed E-state index contributed by atoms with van der Waals surface area (Å²) in [5, 5.41) is 3.06. The lowest BCUT2D eigenvalue weighted by molar-refractivity contribution is -0.137. The van der Waals surface area contributed by atoms with Crippen LogP contribution in [0.15, 0.2) is 24.3 Å². The number of amides is 2. The first-order valence-electron chi connectivity index (χ1n) is 8.94. The topological polar surface area (TPSA) is 49.4 Å². The van der Waals surface area contributed by atoms with Crippen molar-refractivity contribution in [3.63, 3.8) is 0 Å². The van der Waals surface area contributed by atoms with Crippen LogP contribution in [0.25, 0.3) is 0 Å². The molecule has 4 nitrogen and oxygen atoms in total. The van der Waals surface area contributed by atoms with Crippen LogP contribution in [0.2, 0.25) is 0 Å². The smallest absolute Gasteiger partial charge is 0.233 e. The van der Waals surface area contributed by atoms with E-state index in [0.29, 0.717) is 19.1 Å². The number of hydrogen-bond donors (Lipinski definition) is 1. The molecule has 1 saturated heterocycles. The molecule has 0 atom stereocenters. The van der Waals surface area contributed by atoms with Crippen LogP contribution < -0.4 is 5.32 Å². The molecule has 2 amide bonds. The van der Waals surface area contributed by atoms with Crippen LogP contribution in [-0.2, 0) is 15.0 Å². The summed E-state index contributed by atoms with van der Waals surface area (Å²) in [5.74, 6) is 0.0690. The van der Waals surface area contributed by atoms with E-state index in [-0.39, 0.29) is 23.5 Å². The highest BCUT2D eigenvalue weighted by Gasteiger charge is 2.53. The zero-order chi connectivity index (χ0) is 16.7. The molecule has 24 heavy (non-hydrogen) atoms. The van der Waals surface area contributed by atoms with Crippen LogP contribution in [0.1, 0.15) is 44.1 Å². The first-order valence-corrected chi connectivity index (χ1v) is 8.94. The van der Waals surface area contributed by atoms with Crippen molar-refractivity contribution >= 4 is 11.8 Å². The molecule has 0 spiro atoms. The number of hydrogen-bond acceptors (Lipinski definition) is 2. The molecule has 1 N–H and O–H groups in total. The largest absolute Gasteiger partial charge is 0.353 e. The van der Waals surface area contributed by atoms with Gasteiger partial charge < -0.3 is 10.2 Å². The number of piperidine rings is 1. The van der Waals surface area contributed by atoms with E-state index in [1.165, 1.54) is 12.1 Å². The minimum atomic E-state index is -0.448. The quantitative estimate of drug-likeness (QED) is 0.921. The van der Waals surface area contributed by atoms with E-state index in [4.69, 9.17) is 0 Å². The van der Waals surface area contributed by atoms with E-state index < -0.39 is 5.41 Å². The molecular formula is C19H23FN2O2. The third-order valence-electron chi connectivity index (χ3n) is 5.63. The van der Waals surface area contributed by atoms with Gasteiger partial charge in [0.25, 0.3) is 0 Å². The first kappa shape index (κ1) is 15.6. The molecule has 128 valence electrons. The van der Waals surface area contributed by atoms with Gasteiger partial charge in [0, 0.05) is 25.0 Å². The highest BCUT2D eigenvalue weighted by atomic mass is 19.1. The van der Waals surface area contributed by atoms with Gasteiger partial charge in [0.05, 0.1) is 5.41 Å². The lowest BCUT2D eigenvalue weighted by atomic mass is 9.91. The fraction of sp³-hybridized carbons (Fsp3) is 0.579. The summed E-state index contributed by atoms with van der Waals surface area (Å²) >= 11 is 0. The van der Waals surface area contributed by atoms with Crippen molar-refractivity contribution in [2.24, 2.45) is 5.92 Å². The molecule has 1 aromatic carbocycles. The van der Waals surface area contributed by atoms with Gasteiger partial charge in [0.15, 0.2) is 0 Å². The molecule has 1 aliphatic heterocycles. The van der Waals surface area contributed by atoms with E-state index in [2.05, 4.69) is 5.32 Å². The van der Waals surface area contributed by atoms with Crippen LogP contribution in [0, 0.1) is 11.7 Å². The molecule has 0 bridgehead atoms. The average Bonchev–Trinajstić information content (AvgIpc) is 3.50. The van der Waals surface area contributed by atoms with Gasteiger partial charge in [-0.3, -0.25) is 9.59 Å². The number of nitrogens with one attached hydrogen (secondary N) is 1. The molecule has 0 unspecified atom stereocenters. The Kier molecular flexibility index (Phi) is 3.82. The lowest BCUT2D eigenvalue weighted by Gasteiger charge is -2.34. The molecule has 4 rings (SSSR count). The van der Waals surface area contributed by atoms with Crippen LogP contribution in [0.4, 0.5) is 4.39 Å². The molecule has 1 aromatic rings. The Morgan fingerprint density at radius 1 is 1.04 bits per heavy atom. The number of nitrogens with zero attached hydrogens (tertiary/aromatic N) is 1. The predicted octanol–water partition coefficient (Wildman–Crippen LogP) is 2.37. The third-order valence-corrected chi connectivity index (χ3v) is 5.63. The van der Waals surface area contributed by atoms with Crippen molar-refractivity contribution in [1.29, 1.82) is 0 Å². The Labute approximate surface area is 141 Å². The van der Waals surface area contributed by atoms with Gasteiger partial charge in [0.1, 0.15) is 5.82 Å². The molecule has 3 aliphatic rings. The summed E-state index contributed by atoms with van der Waals surface area (Å²) in [6.45, 7) is 1.29. The van der Waals surface area contributed by atoms with Gasteiger partial charge in [-0.15, -0.1) is 0 Å². The Bertz CT molecular complexity index is 642. The van der Waals surface area contributed by atoms with Crippen LogP contribution in [0.3, 0.4) is 0 Å². The Morgan fingerprint density at radius 2 is 1.67 bits per heavy atom. The Morgan fingerprint density at radius 3 is 2.21 bits per heavy atom. The fourth-order valence-electron chi connectivity index (χ4n) is 3.71. The predicted molar refractivity (Wildman–Crippen MR) is 87.8 cm³/mol. The van der Waals surface area contributed by atoms with Gasteiger partial charge >= 0.3 is 0 Å². The standard InChI is InChI=1S/C19H23FN2O2/c20-15-3-1-14(2-4-15)19(9-10-19)18(24)22-11-7-13(8-12-22)17(23)21-16-5-6-16/h1-4,13,16H,5-12H2,(H,21,23). The van der Waals surface area contributed by atoms with E-state index in [1.807, 2.05) is 4.90 Å². The average molecular weight is 330 g/mol. The fourth-order valence-corrected chi connectivity index (χ4v) is 3.71. The molecule has 0 aromatic heterocycles. The van der Waals surface area contributed by atoms with Crippen LogP contribution >= 0.6 is 0 Å². The highest BCUT2D eigenvalue weighted by molar-refractivity contribution is 5.91. The number of rotatable bonds is 4. The summed E-state index contributed by atoms with van der Waals surface area (Å²) < 4.78 is 13.1. The minimum Gasteiger partial charge on any atom is -0.353 e. The Hall–Kier alpha value is -1.91. The molecule has 1 heterocycles. The monoisotopic (exact) mass is 330 g/mol. The van der Waals surface area contributed by atoms with Crippen LogP contribution in [0.5, 0.6) is 0 Å². The van der Waals surface area contributed by atoms with E-state index >= 15 is 0 Å². The maximum absolute atomic E-state index is 13.1. The number of carbonyl (C=O) groups excluding carboxylic acids is 2. The van der Waals surface area contributed by atoms with Crippen molar-refractivity contribution in [2.45, 2.75) is 50.0 Å². The normalized spacial score (nSPS) is 23.0. The Balaban J connectivity index is 1.37. The second-order valence-electron chi connectivity index (χ2n) is 7.44. The SMILES string of the molecule is O=C(NC1CC1)C1CCN(C(=O)C2(c3ccc(F)cc3)CC2)CC1. The van der Waals surface area contributed by atoms with Crippen molar-refractivity contribution in [3.05, 3.63) is 35.6 Å². The maximum Gasteiger partial charge on any atom is 0.233 e. The lowest BCUT2D eigenvalue weighted by Crippen LogP contribution is -2.46. The molecule has 0 radical (unpaired) electrons. The number of halogens is 1. The van der Waals surface area contributed by atoms with E-state index in [0.717, 1.165) is 44.1 Å². The van der Waals surface area contributed by atoms with Gasteiger partial charge in [-0.2, -0.15) is 0 Å². The van der Waals surface area contributed by atoms with Crippen molar-refractivity contribution in [3.8, 4) is 0 Å². The van der Waals surface area contributed by atoms with Crippen LogP contribution in [-0.4, -0.2) is 35.8 Å². The number of benzene rings is 1. The second kappa shape index (κ2) is 5.87. The zero-order valence-corrected chi connectivity index (χ0v) is 13.8. The minimum absolute atomic E-state index is 0.0376. The van der Waals surface area contributed by atoms with Crippen molar-refractivity contribution in [1.82, 2.24) is 10.2 Å². The summed E-state index contributed by atoms with van der Waals surface area (Å²) in [4.78, 5) is 27.0. The molecule has 2 aliphatic carbocycles. The van der Waals surface area contributed by atoms with Gasteiger partial charge in [-0.05, 0) is 56.2 Å². The molecule has 3 fully saturated rings. The summed E-state index contributed by atoms with van der Waals surface area (Å²) in [7, 11) is 0. The molecule has 5 heteroatoms. The zero-order valence-electron chi connectivity index (χ0n) is 13.8. The van der Waals surface area contributed by atoms with Crippen molar-refractivity contribution < 1.29 is 14.0 Å². The van der Waals surface area contributed by atoms with E-state index in [1.54, 1.807) is 12.1 Å². The third kappa shape index (κ3) is 2.92. The van der Waals surface area contributed by atoms with Gasteiger partial charge in [-0.25, -0.2) is 4.39 Å². The van der Waals surface area contributed by atoms with Crippen molar-refractivity contribution in [2.75, 3.05) is 13.1 Å². The molecular weight excluding hydrogens is 307 g/mol. The summed E-state index contributed by atoms with van der Waals surface area (Å²) in [6.07, 6.45) is 5.35. The summed E-state index contributed by atoms with van der Waals surface area (Å²) in [6, 6.07) is 6.71.